The molecule has 28 heavy (non-hydrogen) atoms. The fraction of sp³-hybridized carbons (Fsp3) is 0.429. The van der Waals surface area contributed by atoms with Crippen molar-refractivity contribution in [3.63, 3.8) is 0 Å². The fourth-order valence-electron chi connectivity index (χ4n) is 3.20. The van der Waals surface area contributed by atoms with E-state index in [-0.39, 0.29) is 5.91 Å². The Bertz CT molecular complexity index is 765. The standard InChI is InChI=1S/C21H29N5OS/c1-3-22-20(27)18-9-7-17(8-10-18)16-24-21(23-4-2)26-13-11-25(12-14-26)19-6-5-15-28-19/h5-10,15H,3-4,11-14,16H2,1-2H3,(H,22,27)(H,23,24). The maximum Gasteiger partial charge on any atom is 0.251 e. The number of rotatable bonds is 6. The Morgan fingerprint density at radius 1 is 1.04 bits per heavy atom. The van der Waals surface area contributed by atoms with Gasteiger partial charge in [0.25, 0.3) is 5.91 Å². The lowest BCUT2D eigenvalue weighted by molar-refractivity contribution is 0.0956. The van der Waals surface area contributed by atoms with Crippen LogP contribution in [0.1, 0.15) is 29.8 Å². The molecule has 2 aromatic rings. The summed E-state index contributed by atoms with van der Waals surface area (Å²) in [5.41, 5.74) is 1.78. The van der Waals surface area contributed by atoms with E-state index in [4.69, 9.17) is 4.99 Å². The smallest absolute Gasteiger partial charge is 0.251 e. The average molecular weight is 400 g/mol. The van der Waals surface area contributed by atoms with Crippen LogP contribution in [0.25, 0.3) is 0 Å². The molecule has 1 aliphatic rings. The van der Waals surface area contributed by atoms with Crippen molar-refractivity contribution in [3.8, 4) is 0 Å². The Hall–Kier alpha value is -2.54. The third-order valence-corrected chi connectivity index (χ3v) is 5.63. The number of nitrogens with zero attached hydrogens (tertiary/aromatic N) is 3. The fourth-order valence-corrected chi connectivity index (χ4v) is 3.99. The zero-order chi connectivity index (χ0) is 19.8. The van der Waals surface area contributed by atoms with Crippen LogP contribution in [-0.2, 0) is 6.54 Å². The van der Waals surface area contributed by atoms with Crippen LogP contribution in [-0.4, -0.2) is 56.0 Å². The number of thiophene rings is 1. The van der Waals surface area contributed by atoms with Crippen molar-refractivity contribution < 1.29 is 4.79 Å². The maximum absolute atomic E-state index is 11.9. The van der Waals surface area contributed by atoms with E-state index >= 15 is 0 Å². The third kappa shape index (κ3) is 5.25. The van der Waals surface area contributed by atoms with Crippen molar-refractivity contribution in [2.45, 2.75) is 20.4 Å². The van der Waals surface area contributed by atoms with Gasteiger partial charge in [0.2, 0.25) is 0 Å². The second kappa shape index (κ2) is 10.1. The van der Waals surface area contributed by atoms with E-state index in [2.05, 4.69) is 44.9 Å². The summed E-state index contributed by atoms with van der Waals surface area (Å²) < 4.78 is 0. The number of carbonyl (C=O) groups excluding carboxylic acids is 1. The summed E-state index contributed by atoms with van der Waals surface area (Å²) in [5.74, 6) is 0.927. The molecule has 0 atom stereocenters. The Kier molecular flexibility index (Phi) is 7.31. The second-order valence-electron chi connectivity index (χ2n) is 6.65. The number of benzene rings is 1. The van der Waals surface area contributed by atoms with E-state index in [0.717, 1.165) is 44.2 Å². The van der Waals surface area contributed by atoms with Gasteiger partial charge in [0.1, 0.15) is 0 Å². The summed E-state index contributed by atoms with van der Waals surface area (Å²) >= 11 is 1.80. The van der Waals surface area contributed by atoms with Crippen molar-refractivity contribution in [3.05, 3.63) is 52.9 Å². The number of piperazine rings is 1. The van der Waals surface area contributed by atoms with Gasteiger partial charge in [-0.3, -0.25) is 4.79 Å². The first-order chi connectivity index (χ1) is 13.7. The van der Waals surface area contributed by atoms with Crippen molar-refractivity contribution in [2.24, 2.45) is 4.99 Å². The van der Waals surface area contributed by atoms with E-state index in [1.807, 2.05) is 31.2 Å². The molecule has 3 rings (SSSR count). The van der Waals surface area contributed by atoms with Crippen LogP contribution in [0.4, 0.5) is 5.00 Å². The summed E-state index contributed by atoms with van der Waals surface area (Å²) in [5, 5.41) is 9.70. The molecule has 150 valence electrons. The molecule has 1 amide bonds. The number of aliphatic imine (C=N–C) groups is 1. The third-order valence-electron chi connectivity index (χ3n) is 4.70. The van der Waals surface area contributed by atoms with Crippen LogP contribution in [0.2, 0.25) is 0 Å². The molecule has 2 heterocycles. The Labute approximate surface area is 171 Å². The normalized spacial score (nSPS) is 14.9. The van der Waals surface area contributed by atoms with Gasteiger partial charge in [0, 0.05) is 44.8 Å². The molecule has 1 aromatic heterocycles. The number of hydrogen-bond donors (Lipinski definition) is 2. The van der Waals surface area contributed by atoms with Crippen molar-refractivity contribution in [1.29, 1.82) is 0 Å². The minimum atomic E-state index is -0.0329. The lowest BCUT2D eigenvalue weighted by Gasteiger charge is -2.37. The molecule has 0 aliphatic carbocycles. The monoisotopic (exact) mass is 399 g/mol. The minimum Gasteiger partial charge on any atom is -0.360 e. The molecule has 0 bridgehead atoms. The molecule has 0 spiro atoms. The Morgan fingerprint density at radius 2 is 1.75 bits per heavy atom. The zero-order valence-electron chi connectivity index (χ0n) is 16.6. The van der Waals surface area contributed by atoms with Crippen LogP contribution >= 0.6 is 11.3 Å². The van der Waals surface area contributed by atoms with Crippen LogP contribution < -0.4 is 15.5 Å². The highest BCUT2D eigenvalue weighted by molar-refractivity contribution is 7.14. The van der Waals surface area contributed by atoms with E-state index in [1.165, 1.54) is 5.00 Å². The lowest BCUT2D eigenvalue weighted by Crippen LogP contribution is -2.52. The molecular formula is C21H29N5OS. The van der Waals surface area contributed by atoms with Crippen molar-refractivity contribution in [1.82, 2.24) is 15.5 Å². The number of carbonyl (C=O) groups is 1. The van der Waals surface area contributed by atoms with E-state index < -0.39 is 0 Å². The Morgan fingerprint density at radius 3 is 2.36 bits per heavy atom. The highest BCUT2D eigenvalue weighted by Gasteiger charge is 2.20. The second-order valence-corrected chi connectivity index (χ2v) is 7.58. The quantitative estimate of drug-likeness (QED) is 0.579. The molecule has 6 nitrogen and oxygen atoms in total. The van der Waals surface area contributed by atoms with Crippen LogP contribution in [0, 0.1) is 0 Å². The molecule has 0 unspecified atom stereocenters. The van der Waals surface area contributed by atoms with Crippen LogP contribution in [0.15, 0.2) is 46.8 Å². The first-order valence-corrected chi connectivity index (χ1v) is 10.8. The molecule has 0 saturated carbocycles. The summed E-state index contributed by atoms with van der Waals surface area (Å²) in [6.07, 6.45) is 0. The van der Waals surface area contributed by atoms with Gasteiger partial charge in [-0.1, -0.05) is 12.1 Å². The number of amides is 1. The van der Waals surface area contributed by atoms with Crippen molar-refractivity contribution >= 4 is 28.2 Å². The molecule has 1 aliphatic heterocycles. The lowest BCUT2D eigenvalue weighted by atomic mass is 10.1. The molecular weight excluding hydrogens is 370 g/mol. The Balaban J connectivity index is 1.59. The largest absolute Gasteiger partial charge is 0.360 e. The predicted octanol–water partition coefficient (Wildman–Crippen LogP) is 2.79. The topological polar surface area (TPSA) is 60.0 Å². The molecule has 0 radical (unpaired) electrons. The molecule has 1 saturated heterocycles. The molecule has 1 aromatic carbocycles. The molecule has 7 heteroatoms. The summed E-state index contributed by atoms with van der Waals surface area (Å²) in [4.78, 5) is 21.5. The van der Waals surface area contributed by atoms with E-state index in [9.17, 15) is 4.79 Å². The predicted molar refractivity (Wildman–Crippen MR) is 117 cm³/mol. The number of guanidine groups is 1. The number of nitrogens with one attached hydrogen (secondary N) is 2. The maximum atomic E-state index is 11.9. The van der Waals surface area contributed by atoms with Gasteiger partial charge in [0.05, 0.1) is 11.5 Å². The molecule has 2 N–H and O–H groups in total. The molecule has 1 fully saturated rings. The zero-order valence-corrected chi connectivity index (χ0v) is 17.5. The van der Waals surface area contributed by atoms with E-state index in [0.29, 0.717) is 18.7 Å². The van der Waals surface area contributed by atoms with Gasteiger partial charge in [-0.25, -0.2) is 4.99 Å². The van der Waals surface area contributed by atoms with E-state index in [1.54, 1.807) is 11.3 Å². The highest BCUT2D eigenvalue weighted by atomic mass is 32.1. The highest BCUT2D eigenvalue weighted by Crippen LogP contribution is 2.22. The van der Waals surface area contributed by atoms with Gasteiger partial charge in [-0.2, -0.15) is 0 Å². The van der Waals surface area contributed by atoms with Crippen LogP contribution in [0.3, 0.4) is 0 Å². The van der Waals surface area contributed by atoms with Gasteiger partial charge < -0.3 is 20.4 Å². The summed E-state index contributed by atoms with van der Waals surface area (Å²) in [7, 11) is 0. The van der Waals surface area contributed by atoms with Crippen molar-refractivity contribution in [2.75, 3.05) is 44.2 Å². The summed E-state index contributed by atoms with van der Waals surface area (Å²) in [6.45, 7) is 10.0. The summed E-state index contributed by atoms with van der Waals surface area (Å²) in [6, 6.07) is 12.0. The minimum absolute atomic E-state index is 0.0329. The van der Waals surface area contributed by atoms with Gasteiger partial charge in [-0.05, 0) is 49.1 Å². The first-order valence-electron chi connectivity index (χ1n) is 9.90. The van der Waals surface area contributed by atoms with Crippen LogP contribution in [0.5, 0.6) is 0 Å². The SMILES string of the molecule is CCNC(=O)c1ccc(CN=C(NCC)N2CCN(c3cccs3)CC2)cc1. The van der Waals surface area contributed by atoms with Gasteiger partial charge in [-0.15, -0.1) is 11.3 Å². The average Bonchev–Trinajstić information content (AvgIpc) is 3.27. The number of anilines is 1. The van der Waals surface area contributed by atoms with Gasteiger partial charge >= 0.3 is 0 Å². The number of hydrogen-bond acceptors (Lipinski definition) is 4. The van der Waals surface area contributed by atoms with Gasteiger partial charge in [0.15, 0.2) is 5.96 Å². The first kappa shape index (κ1) is 20.2.